The molecule has 1 fully saturated rings. The smallest absolute Gasteiger partial charge is 0.170 e. The molecule has 0 spiro atoms. The molecule has 1 aliphatic carbocycles. The van der Waals surface area contributed by atoms with Crippen molar-refractivity contribution in [2.45, 2.75) is 18.8 Å². The Morgan fingerprint density at radius 1 is 1.43 bits per heavy atom. The van der Waals surface area contributed by atoms with Gasteiger partial charge in [-0.3, -0.25) is 0 Å². The number of nitrogens with two attached hydrogens (primary N) is 1. The van der Waals surface area contributed by atoms with Crippen LogP contribution in [0.4, 0.5) is 5.69 Å². The molecule has 1 aliphatic rings. The van der Waals surface area contributed by atoms with Gasteiger partial charge in [-0.25, -0.2) is 0 Å². The lowest BCUT2D eigenvalue weighted by molar-refractivity contribution is 0.446. The van der Waals surface area contributed by atoms with E-state index in [1.54, 1.807) is 12.1 Å². The van der Waals surface area contributed by atoms with Gasteiger partial charge in [0.05, 0.1) is 16.1 Å². The minimum Gasteiger partial charge on any atom is -0.399 e. The Kier molecular flexibility index (Phi) is 1.53. The molecular weight excluding hydrogens is 200 g/mol. The predicted molar refractivity (Wildman–Crippen MR) is 55.4 cm³/mol. The Hall–Kier alpha value is -1.22. The van der Waals surface area contributed by atoms with Crippen molar-refractivity contribution >= 4 is 28.3 Å². The highest BCUT2D eigenvalue weighted by Gasteiger charge is 2.30. The van der Waals surface area contributed by atoms with Crippen LogP contribution in [0.2, 0.25) is 5.02 Å². The van der Waals surface area contributed by atoms with Crippen molar-refractivity contribution in [2.24, 2.45) is 0 Å². The molecule has 3 nitrogen and oxygen atoms in total. The molecular formula is C10H9ClN2O. The molecule has 72 valence electrons. The molecule has 4 heteroatoms. The van der Waals surface area contributed by atoms with Gasteiger partial charge in [-0.05, 0) is 18.9 Å². The van der Waals surface area contributed by atoms with Crippen molar-refractivity contribution in [3.8, 4) is 0 Å². The zero-order chi connectivity index (χ0) is 9.71. The molecule has 2 N–H and O–H groups in total. The predicted octanol–water partition coefficient (Wildman–Crippen LogP) is 2.94. The van der Waals surface area contributed by atoms with Crippen LogP contribution in [-0.2, 0) is 0 Å². The van der Waals surface area contributed by atoms with Gasteiger partial charge in [0.25, 0.3) is 0 Å². The summed E-state index contributed by atoms with van der Waals surface area (Å²) in [6.45, 7) is 0. The summed E-state index contributed by atoms with van der Waals surface area (Å²) in [7, 11) is 0. The monoisotopic (exact) mass is 208 g/mol. The Balaban J connectivity index is 2.33. The van der Waals surface area contributed by atoms with Crippen LogP contribution >= 0.6 is 11.6 Å². The molecule has 3 rings (SSSR count). The van der Waals surface area contributed by atoms with Crippen LogP contribution in [0.25, 0.3) is 11.0 Å². The van der Waals surface area contributed by atoms with Gasteiger partial charge in [0.15, 0.2) is 5.58 Å². The largest absolute Gasteiger partial charge is 0.399 e. The van der Waals surface area contributed by atoms with Crippen LogP contribution in [0.3, 0.4) is 0 Å². The number of halogens is 1. The van der Waals surface area contributed by atoms with E-state index in [0.717, 1.165) is 11.1 Å². The third kappa shape index (κ3) is 1.09. The summed E-state index contributed by atoms with van der Waals surface area (Å²) in [5.74, 6) is 0.539. The highest BCUT2D eigenvalue weighted by atomic mass is 35.5. The maximum atomic E-state index is 6.10. The Morgan fingerprint density at radius 3 is 2.93 bits per heavy atom. The molecule has 14 heavy (non-hydrogen) atoms. The van der Waals surface area contributed by atoms with E-state index in [-0.39, 0.29) is 0 Å². The van der Waals surface area contributed by atoms with E-state index in [0.29, 0.717) is 22.2 Å². The van der Waals surface area contributed by atoms with Gasteiger partial charge in [0.1, 0.15) is 0 Å². The molecule has 1 aromatic carbocycles. The van der Waals surface area contributed by atoms with Gasteiger partial charge in [0.2, 0.25) is 0 Å². The first kappa shape index (κ1) is 8.12. The fourth-order valence-corrected chi connectivity index (χ4v) is 2.02. The van der Waals surface area contributed by atoms with E-state index in [4.69, 9.17) is 21.9 Å². The summed E-state index contributed by atoms with van der Waals surface area (Å²) in [5.41, 5.74) is 7.95. The molecule has 1 heterocycles. The van der Waals surface area contributed by atoms with E-state index >= 15 is 0 Å². The lowest BCUT2D eigenvalue weighted by Crippen LogP contribution is -1.85. The number of rotatable bonds is 1. The number of fused-ring (bicyclic) bond motifs is 1. The van der Waals surface area contributed by atoms with E-state index < -0.39 is 0 Å². The van der Waals surface area contributed by atoms with E-state index in [2.05, 4.69) is 5.16 Å². The number of aromatic nitrogens is 1. The van der Waals surface area contributed by atoms with E-state index in [1.165, 1.54) is 12.8 Å². The van der Waals surface area contributed by atoms with Gasteiger partial charge in [-0.2, -0.15) is 0 Å². The number of hydrogen-bond donors (Lipinski definition) is 1. The van der Waals surface area contributed by atoms with Crippen molar-refractivity contribution in [1.82, 2.24) is 5.16 Å². The van der Waals surface area contributed by atoms with Crippen molar-refractivity contribution in [1.29, 1.82) is 0 Å². The molecule has 0 radical (unpaired) electrons. The lowest BCUT2D eigenvalue weighted by atomic mass is 10.1. The molecule has 1 saturated carbocycles. The normalized spacial score (nSPS) is 16.4. The number of hydrogen-bond acceptors (Lipinski definition) is 3. The highest BCUT2D eigenvalue weighted by Crippen LogP contribution is 2.44. The van der Waals surface area contributed by atoms with Gasteiger partial charge >= 0.3 is 0 Å². The number of anilines is 1. The van der Waals surface area contributed by atoms with Crippen LogP contribution in [-0.4, -0.2) is 5.16 Å². The van der Waals surface area contributed by atoms with Crippen molar-refractivity contribution in [3.05, 3.63) is 22.8 Å². The fraction of sp³-hybridized carbons (Fsp3) is 0.300. The van der Waals surface area contributed by atoms with Crippen LogP contribution in [0.5, 0.6) is 0 Å². The maximum Gasteiger partial charge on any atom is 0.170 e. The van der Waals surface area contributed by atoms with Crippen LogP contribution in [0.15, 0.2) is 16.7 Å². The number of benzene rings is 1. The van der Waals surface area contributed by atoms with Crippen molar-refractivity contribution < 1.29 is 4.52 Å². The Labute approximate surface area is 85.8 Å². The molecule has 0 unspecified atom stereocenters. The first-order valence-corrected chi connectivity index (χ1v) is 4.98. The topological polar surface area (TPSA) is 52.0 Å². The van der Waals surface area contributed by atoms with Crippen molar-refractivity contribution in [3.63, 3.8) is 0 Å². The number of nitrogen functional groups attached to an aromatic ring is 1. The van der Waals surface area contributed by atoms with Gasteiger partial charge in [-0.1, -0.05) is 16.8 Å². The molecule has 0 aliphatic heterocycles. The average molecular weight is 209 g/mol. The Bertz CT molecular complexity index is 502. The highest BCUT2D eigenvalue weighted by molar-refractivity contribution is 6.35. The van der Waals surface area contributed by atoms with Gasteiger partial charge in [-0.15, -0.1) is 0 Å². The minimum absolute atomic E-state index is 0.539. The average Bonchev–Trinajstić information content (AvgIpc) is 2.87. The van der Waals surface area contributed by atoms with Crippen LogP contribution in [0.1, 0.15) is 24.5 Å². The van der Waals surface area contributed by atoms with E-state index in [9.17, 15) is 0 Å². The van der Waals surface area contributed by atoms with Gasteiger partial charge in [0, 0.05) is 17.7 Å². The van der Waals surface area contributed by atoms with Crippen LogP contribution in [0, 0.1) is 0 Å². The molecule has 0 saturated heterocycles. The molecule has 0 bridgehead atoms. The van der Waals surface area contributed by atoms with E-state index in [1.807, 2.05) is 0 Å². The summed E-state index contributed by atoms with van der Waals surface area (Å²) < 4.78 is 5.20. The second kappa shape index (κ2) is 2.64. The van der Waals surface area contributed by atoms with Gasteiger partial charge < -0.3 is 10.3 Å². The Morgan fingerprint density at radius 2 is 2.21 bits per heavy atom. The summed E-state index contributed by atoms with van der Waals surface area (Å²) in [5, 5.41) is 5.62. The van der Waals surface area contributed by atoms with Crippen LogP contribution < -0.4 is 5.73 Å². The zero-order valence-electron chi connectivity index (χ0n) is 7.46. The number of nitrogens with zero attached hydrogens (tertiary/aromatic N) is 1. The summed E-state index contributed by atoms with van der Waals surface area (Å²) in [4.78, 5) is 0. The minimum atomic E-state index is 0.539. The summed E-state index contributed by atoms with van der Waals surface area (Å²) in [6, 6.07) is 3.51. The second-order valence-electron chi connectivity index (χ2n) is 3.72. The molecule has 0 atom stereocenters. The third-order valence-corrected chi connectivity index (χ3v) is 2.84. The zero-order valence-corrected chi connectivity index (χ0v) is 8.21. The maximum absolute atomic E-state index is 6.10. The molecule has 2 aromatic rings. The third-order valence-electron chi connectivity index (χ3n) is 2.54. The standard InChI is InChI=1S/C10H9ClN2O/c11-7-3-6(12)4-8-9(7)10(13-14-8)5-1-2-5/h3-5H,1-2,12H2. The summed E-state index contributed by atoms with van der Waals surface area (Å²) in [6.07, 6.45) is 2.37. The first-order chi connectivity index (χ1) is 6.75. The fourth-order valence-electron chi connectivity index (χ4n) is 1.70. The second-order valence-corrected chi connectivity index (χ2v) is 4.13. The molecule has 1 aromatic heterocycles. The molecule has 0 amide bonds. The first-order valence-electron chi connectivity index (χ1n) is 4.60. The SMILES string of the molecule is Nc1cc(Cl)c2c(C3CC3)noc2c1. The lowest BCUT2D eigenvalue weighted by Gasteiger charge is -1.96. The summed E-state index contributed by atoms with van der Waals surface area (Å²) >= 11 is 6.10. The van der Waals surface area contributed by atoms with Crippen molar-refractivity contribution in [2.75, 3.05) is 5.73 Å². The quantitative estimate of drug-likeness (QED) is 0.733.